The lowest BCUT2D eigenvalue weighted by Gasteiger charge is -2.32. The van der Waals surface area contributed by atoms with Crippen LogP contribution in [0, 0.1) is 0 Å². The van der Waals surface area contributed by atoms with E-state index < -0.39 is 26.4 Å². The van der Waals surface area contributed by atoms with Crippen LogP contribution in [0.15, 0.2) is 127 Å². The Hall–Kier alpha value is -3.70. The van der Waals surface area contributed by atoms with Crippen molar-refractivity contribution in [2.24, 2.45) is 0 Å². The molecular weight excluding hydrogens is 503 g/mol. The van der Waals surface area contributed by atoms with Gasteiger partial charge in [0.05, 0.1) is 11.2 Å². The van der Waals surface area contributed by atoms with Crippen molar-refractivity contribution in [3.8, 4) is 22.3 Å². The molecule has 1 saturated heterocycles. The first-order chi connectivity index (χ1) is 19.3. The van der Waals surface area contributed by atoms with E-state index in [0.29, 0.717) is 0 Å². The van der Waals surface area contributed by atoms with Crippen LogP contribution in [0.3, 0.4) is 0 Å². The minimum absolute atomic E-state index is 0.396. The molecule has 2 aliphatic rings. The van der Waals surface area contributed by atoms with Crippen LogP contribution in [-0.4, -0.2) is 26.4 Å². The van der Waals surface area contributed by atoms with E-state index in [2.05, 4.69) is 155 Å². The summed E-state index contributed by atoms with van der Waals surface area (Å²) in [4.78, 5) is 0. The van der Waals surface area contributed by atoms with Gasteiger partial charge in [-0.3, -0.25) is 0 Å². The maximum absolute atomic E-state index is 6.52. The number of benzene rings is 5. The Balaban J connectivity index is 1.48. The molecule has 0 aromatic heterocycles. The highest BCUT2D eigenvalue weighted by Crippen LogP contribution is 2.38. The average molecular weight is 537 g/mol. The summed E-state index contributed by atoms with van der Waals surface area (Å²) in [6.45, 7) is 8.45. The molecule has 2 aliphatic heterocycles. The second kappa shape index (κ2) is 9.17. The smallest absolute Gasteiger partial charge is 0.399 e. The second-order valence-electron chi connectivity index (χ2n) is 12.0. The van der Waals surface area contributed by atoms with Gasteiger partial charge in [0, 0.05) is 0 Å². The highest BCUT2D eigenvalue weighted by atomic mass is 28.3. The van der Waals surface area contributed by atoms with Crippen LogP contribution >= 0.6 is 0 Å². The molecule has 2 heterocycles. The minimum Gasteiger partial charge on any atom is -0.399 e. The molecular formula is C36H33BO2Si. The molecule has 0 bridgehead atoms. The summed E-state index contributed by atoms with van der Waals surface area (Å²) in [5, 5.41) is 5.71. The third kappa shape index (κ3) is 3.63. The Morgan fingerprint density at radius 1 is 0.500 bits per heavy atom. The van der Waals surface area contributed by atoms with Crippen molar-refractivity contribution < 1.29 is 9.31 Å². The van der Waals surface area contributed by atoms with Gasteiger partial charge in [0.15, 0.2) is 8.07 Å². The third-order valence-corrected chi connectivity index (χ3v) is 14.1. The van der Waals surface area contributed by atoms with E-state index in [1.807, 2.05) is 0 Å². The van der Waals surface area contributed by atoms with E-state index in [9.17, 15) is 0 Å². The van der Waals surface area contributed by atoms with Gasteiger partial charge < -0.3 is 9.31 Å². The number of hydrogen-bond donors (Lipinski definition) is 0. The number of fused-ring (bicyclic) bond motifs is 3. The van der Waals surface area contributed by atoms with E-state index in [4.69, 9.17) is 9.31 Å². The normalized spacial score (nSPS) is 17.9. The van der Waals surface area contributed by atoms with Gasteiger partial charge in [-0.25, -0.2) is 0 Å². The van der Waals surface area contributed by atoms with Gasteiger partial charge in [0.25, 0.3) is 0 Å². The van der Waals surface area contributed by atoms with Crippen molar-refractivity contribution in [3.05, 3.63) is 127 Å². The third-order valence-electron chi connectivity index (χ3n) is 9.24. The SMILES string of the molecule is CC1(C)OB(c2ccccc2-c2ccc3c(c2)[Si](c2ccccc2)(c2ccccc2)c2ccccc2-3)OC1(C)C. The average Bonchev–Trinajstić information content (AvgIpc) is 3.40. The molecule has 40 heavy (non-hydrogen) atoms. The first kappa shape index (κ1) is 25.3. The zero-order chi connectivity index (χ0) is 27.5. The molecule has 0 radical (unpaired) electrons. The molecule has 4 heteroatoms. The van der Waals surface area contributed by atoms with E-state index in [1.165, 1.54) is 37.4 Å². The van der Waals surface area contributed by atoms with Crippen molar-refractivity contribution >= 4 is 41.4 Å². The highest BCUT2D eigenvalue weighted by molar-refractivity contribution is 7.22. The van der Waals surface area contributed by atoms with E-state index >= 15 is 0 Å². The van der Waals surface area contributed by atoms with Gasteiger partial charge in [0.2, 0.25) is 0 Å². The standard InChI is InChI=1S/C36H33BO2Si/c1-35(2)36(3,4)39-37(38-35)32-21-13-11-19-29(32)26-23-24-31-30-20-12-14-22-33(30)40(34(31)25-26,27-15-7-5-8-16-27)28-17-9-6-10-18-28/h5-25H,1-4H3. The summed E-state index contributed by atoms with van der Waals surface area (Å²) < 4.78 is 13.0. The summed E-state index contributed by atoms with van der Waals surface area (Å²) >= 11 is 0. The van der Waals surface area contributed by atoms with Gasteiger partial charge in [-0.15, -0.1) is 0 Å². The minimum atomic E-state index is -2.55. The summed E-state index contributed by atoms with van der Waals surface area (Å²) in [5.74, 6) is 0. The molecule has 0 unspecified atom stereocenters. The van der Waals surface area contributed by atoms with Crippen LogP contribution in [-0.2, 0) is 9.31 Å². The molecule has 196 valence electrons. The maximum Gasteiger partial charge on any atom is 0.495 e. The molecule has 5 aromatic rings. The monoisotopic (exact) mass is 536 g/mol. The van der Waals surface area contributed by atoms with Crippen LogP contribution in [0.2, 0.25) is 0 Å². The van der Waals surface area contributed by atoms with E-state index in [-0.39, 0.29) is 0 Å². The fourth-order valence-corrected chi connectivity index (χ4v) is 11.8. The second-order valence-corrected chi connectivity index (χ2v) is 15.7. The lowest BCUT2D eigenvalue weighted by molar-refractivity contribution is 0.00578. The molecule has 0 aliphatic carbocycles. The molecule has 0 amide bonds. The van der Waals surface area contributed by atoms with Crippen molar-refractivity contribution in [2.45, 2.75) is 38.9 Å². The first-order valence-corrected chi connectivity index (χ1v) is 16.1. The lowest BCUT2D eigenvalue weighted by atomic mass is 9.74. The Labute approximate surface area is 238 Å². The summed E-state index contributed by atoms with van der Waals surface area (Å²) in [6, 6.07) is 47.0. The first-order valence-electron chi connectivity index (χ1n) is 14.1. The van der Waals surface area contributed by atoms with Gasteiger partial charge in [-0.2, -0.15) is 0 Å². The van der Waals surface area contributed by atoms with Crippen LogP contribution in [0.1, 0.15) is 27.7 Å². The topological polar surface area (TPSA) is 18.5 Å². The maximum atomic E-state index is 6.52. The molecule has 0 atom stereocenters. The lowest BCUT2D eigenvalue weighted by Crippen LogP contribution is -2.72. The molecule has 2 nitrogen and oxygen atoms in total. The van der Waals surface area contributed by atoms with E-state index in [1.54, 1.807) is 0 Å². The molecule has 0 spiro atoms. The van der Waals surface area contributed by atoms with Gasteiger partial charge in [-0.1, -0.05) is 127 Å². The quantitative estimate of drug-likeness (QED) is 0.295. The summed E-state index contributed by atoms with van der Waals surface area (Å²) in [5.41, 5.74) is 5.32. The Morgan fingerprint density at radius 2 is 1.00 bits per heavy atom. The fraction of sp³-hybridized carbons (Fsp3) is 0.167. The van der Waals surface area contributed by atoms with Crippen molar-refractivity contribution in [1.29, 1.82) is 0 Å². The number of hydrogen-bond acceptors (Lipinski definition) is 2. The number of rotatable bonds is 4. The van der Waals surface area contributed by atoms with Crippen molar-refractivity contribution in [1.82, 2.24) is 0 Å². The van der Waals surface area contributed by atoms with Crippen LogP contribution in [0.25, 0.3) is 22.3 Å². The molecule has 7 rings (SSSR count). The molecule has 0 saturated carbocycles. The van der Waals surface area contributed by atoms with E-state index in [0.717, 1.165) is 11.0 Å². The largest absolute Gasteiger partial charge is 0.495 e. The Morgan fingerprint density at radius 3 is 1.62 bits per heavy atom. The van der Waals surface area contributed by atoms with Gasteiger partial charge in [0.1, 0.15) is 0 Å². The highest BCUT2D eigenvalue weighted by Gasteiger charge is 2.52. The Bertz CT molecular complexity index is 1660. The van der Waals surface area contributed by atoms with Gasteiger partial charge >= 0.3 is 7.12 Å². The molecule has 5 aromatic carbocycles. The van der Waals surface area contributed by atoms with Crippen LogP contribution in [0.5, 0.6) is 0 Å². The zero-order valence-corrected chi connectivity index (χ0v) is 24.5. The summed E-state index contributed by atoms with van der Waals surface area (Å²) in [7, 11) is -2.97. The molecule has 0 N–H and O–H groups in total. The van der Waals surface area contributed by atoms with Crippen molar-refractivity contribution in [3.63, 3.8) is 0 Å². The summed E-state index contributed by atoms with van der Waals surface area (Å²) in [6.07, 6.45) is 0. The Kier molecular flexibility index (Phi) is 5.80. The van der Waals surface area contributed by atoms with Crippen molar-refractivity contribution in [2.75, 3.05) is 0 Å². The fourth-order valence-electron chi connectivity index (χ4n) is 6.55. The molecule has 1 fully saturated rings. The predicted molar refractivity (Wildman–Crippen MR) is 170 cm³/mol. The van der Waals surface area contributed by atoms with Gasteiger partial charge in [-0.05, 0) is 76.2 Å². The van der Waals surface area contributed by atoms with Crippen LogP contribution in [0.4, 0.5) is 0 Å². The predicted octanol–water partition coefficient (Wildman–Crippen LogP) is 5.01. The zero-order valence-electron chi connectivity index (χ0n) is 23.5. The van der Waals surface area contributed by atoms with Crippen LogP contribution < -0.4 is 26.2 Å².